The summed E-state index contributed by atoms with van der Waals surface area (Å²) in [5.74, 6) is 1.07. The lowest BCUT2D eigenvalue weighted by atomic mass is 10.1. The second kappa shape index (κ2) is 7.28. The highest BCUT2D eigenvalue weighted by Crippen LogP contribution is 2.38. The molecule has 0 unspecified atom stereocenters. The number of ether oxygens (including phenoxy) is 2. The van der Waals surface area contributed by atoms with E-state index in [1.54, 1.807) is 12.1 Å². The summed E-state index contributed by atoms with van der Waals surface area (Å²) in [4.78, 5) is 10.6. The Hall–Kier alpha value is -2.98. The number of nitrogens with zero attached hydrogens (tertiary/aromatic N) is 2. The molecule has 0 radical (unpaired) electrons. The average molecular weight is 360 g/mol. The Morgan fingerprint density at radius 1 is 1.28 bits per heavy atom. The minimum Gasteiger partial charge on any atom is -0.489 e. The van der Waals surface area contributed by atoms with E-state index in [4.69, 9.17) is 26.3 Å². The molecule has 0 amide bonds. The molecule has 0 fully saturated rings. The lowest BCUT2D eigenvalue weighted by Gasteiger charge is -2.13. The summed E-state index contributed by atoms with van der Waals surface area (Å²) in [7, 11) is 0. The Labute approximate surface area is 148 Å². The zero-order valence-corrected chi connectivity index (χ0v) is 13.9. The number of nitro benzene ring substituents is 1. The van der Waals surface area contributed by atoms with Gasteiger partial charge in [0.1, 0.15) is 5.69 Å². The van der Waals surface area contributed by atoms with Gasteiger partial charge >= 0.3 is 0 Å². The summed E-state index contributed by atoms with van der Waals surface area (Å²) in [6, 6.07) is 9.65. The van der Waals surface area contributed by atoms with E-state index < -0.39 is 4.92 Å². The number of nitrogens with one attached hydrogen (secondary N) is 1. The van der Waals surface area contributed by atoms with E-state index in [1.807, 2.05) is 6.07 Å². The maximum atomic E-state index is 11.1. The number of nitriles is 1. The Morgan fingerprint density at radius 3 is 2.84 bits per heavy atom. The van der Waals surface area contributed by atoms with Gasteiger partial charge in [0, 0.05) is 19.0 Å². The molecule has 1 heterocycles. The smallest absolute Gasteiger partial charge is 0.292 e. The Morgan fingerprint density at radius 2 is 2.08 bits per heavy atom. The van der Waals surface area contributed by atoms with Crippen LogP contribution in [0.4, 0.5) is 11.4 Å². The molecule has 1 N–H and O–H groups in total. The van der Waals surface area contributed by atoms with Gasteiger partial charge in [-0.2, -0.15) is 5.26 Å². The van der Waals surface area contributed by atoms with Crippen LogP contribution in [0, 0.1) is 21.4 Å². The zero-order valence-electron chi connectivity index (χ0n) is 13.1. The van der Waals surface area contributed by atoms with E-state index in [-0.39, 0.29) is 17.9 Å². The molecule has 0 bridgehead atoms. The molecule has 25 heavy (non-hydrogen) atoms. The monoisotopic (exact) mass is 359 g/mol. The largest absolute Gasteiger partial charge is 0.489 e. The SMILES string of the molecule is N#Cc1ccc([N+](=O)[O-])c(NCc2cc(Cl)c3c(c2)OCCCO3)c1. The molecule has 8 heteroatoms. The van der Waals surface area contributed by atoms with Gasteiger partial charge in [-0.05, 0) is 29.8 Å². The number of nitro groups is 1. The average Bonchev–Trinajstić information content (AvgIpc) is 2.85. The van der Waals surface area contributed by atoms with Crippen LogP contribution in [-0.4, -0.2) is 18.1 Å². The third-order valence-corrected chi connectivity index (χ3v) is 3.95. The molecular weight excluding hydrogens is 346 g/mol. The van der Waals surface area contributed by atoms with E-state index in [0.717, 1.165) is 12.0 Å². The molecule has 0 aliphatic carbocycles. The molecule has 3 rings (SSSR count). The Bertz CT molecular complexity index is 864. The molecule has 0 atom stereocenters. The van der Waals surface area contributed by atoms with Gasteiger partial charge in [-0.1, -0.05) is 11.6 Å². The van der Waals surface area contributed by atoms with Crippen LogP contribution in [0.15, 0.2) is 30.3 Å². The van der Waals surface area contributed by atoms with Crippen LogP contribution in [0.2, 0.25) is 5.02 Å². The maximum absolute atomic E-state index is 11.1. The lowest BCUT2D eigenvalue weighted by molar-refractivity contribution is -0.384. The van der Waals surface area contributed by atoms with E-state index in [9.17, 15) is 10.1 Å². The third-order valence-electron chi connectivity index (χ3n) is 3.67. The highest BCUT2D eigenvalue weighted by molar-refractivity contribution is 6.32. The maximum Gasteiger partial charge on any atom is 0.292 e. The van der Waals surface area contributed by atoms with Crippen LogP contribution in [0.25, 0.3) is 0 Å². The normalized spacial score (nSPS) is 12.8. The first-order valence-electron chi connectivity index (χ1n) is 7.59. The number of fused-ring (bicyclic) bond motifs is 1. The van der Waals surface area contributed by atoms with Crippen molar-refractivity contribution in [2.24, 2.45) is 0 Å². The van der Waals surface area contributed by atoms with Crippen LogP contribution in [0.1, 0.15) is 17.5 Å². The zero-order chi connectivity index (χ0) is 17.8. The third kappa shape index (κ3) is 3.75. The Kier molecular flexibility index (Phi) is 4.91. The predicted octanol–water partition coefficient (Wildman–Crippen LogP) is 3.89. The summed E-state index contributed by atoms with van der Waals surface area (Å²) >= 11 is 6.25. The molecule has 128 valence electrons. The minimum absolute atomic E-state index is 0.0977. The van der Waals surface area contributed by atoms with E-state index in [2.05, 4.69) is 5.32 Å². The van der Waals surface area contributed by atoms with Gasteiger partial charge in [0.05, 0.1) is 34.8 Å². The van der Waals surface area contributed by atoms with Crippen molar-refractivity contribution in [3.05, 3.63) is 56.6 Å². The number of halogens is 1. The molecule has 0 aromatic heterocycles. The predicted molar refractivity (Wildman–Crippen MR) is 92.2 cm³/mol. The van der Waals surface area contributed by atoms with Crippen molar-refractivity contribution < 1.29 is 14.4 Å². The molecule has 0 saturated carbocycles. The van der Waals surface area contributed by atoms with E-state index >= 15 is 0 Å². The first-order chi connectivity index (χ1) is 12.1. The fraction of sp³-hybridized carbons (Fsp3) is 0.235. The van der Waals surface area contributed by atoms with Crippen molar-refractivity contribution in [2.45, 2.75) is 13.0 Å². The fourth-order valence-electron chi connectivity index (χ4n) is 2.49. The van der Waals surface area contributed by atoms with Gasteiger partial charge in [0.15, 0.2) is 11.5 Å². The highest BCUT2D eigenvalue weighted by Gasteiger charge is 2.17. The van der Waals surface area contributed by atoms with Crippen LogP contribution in [-0.2, 0) is 6.54 Å². The second-order valence-corrected chi connectivity index (χ2v) is 5.82. The fourth-order valence-corrected chi connectivity index (χ4v) is 2.78. The van der Waals surface area contributed by atoms with Crippen LogP contribution in [0.5, 0.6) is 11.5 Å². The molecule has 1 aliphatic rings. The van der Waals surface area contributed by atoms with Crippen LogP contribution >= 0.6 is 11.6 Å². The van der Waals surface area contributed by atoms with Gasteiger partial charge in [0.2, 0.25) is 0 Å². The highest BCUT2D eigenvalue weighted by atomic mass is 35.5. The molecule has 7 nitrogen and oxygen atoms in total. The summed E-state index contributed by atoms with van der Waals surface area (Å²) in [6.07, 6.45) is 0.770. The molecule has 2 aromatic rings. The van der Waals surface area contributed by atoms with Crippen molar-refractivity contribution in [3.8, 4) is 17.6 Å². The van der Waals surface area contributed by atoms with Crippen LogP contribution in [0.3, 0.4) is 0 Å². The van der Waals surface area contributed by atoms with Crippen molar-refractivity contribution >= 4 is 23.0 Å². The lowest BCUT2D eigenvalue weighted by Crippen LogP contribution is -2.04. The van der Waals surface area contributed by atoms with Crippen LogP contribution < -0.4 is 14.8 Å². The van der Waals surface area contributed by atoms with Crippen molar-refractivity contribution in [1.82, 2.24) is 0 Å². The van der Waals surface area contributed by atoms with Crippen molar-refractivity contribution in [3.63, 3.8) is 0 Å². The van der Waals surface area contributed by atoms with Gasteiger partial charge in [0.25, 0.3) is 5.69 Å². The second-order valence-electron chi connectivity index (χ2n) is 5.41. The van der Waals surface area contributed by atoms with Crippen molar-refractivity contribution in [1.29, 1.82) is 5.26 Å². The summed E-state index contributed by atoms with van der Waals surface area (Å²) in [6.45, 7) is 1.36. The standard InChI is InChI=1S/C17H14ClN3O4/c18-13-6-12(8-16-17(13)25-5-1-4-24-16)10-20-14-7-11(9-19)2-3-15(14)21(22)23/h2-3,6-8,20H,1,4-5,10H2. The number of hydrogen-bond donors (Lipinski definition) is 1. The van der Waals surface area contributed by atoms with Gasteiger partial charge in [-0.15, -0.1) is 0 Å². The minimum atomic E-state index is -0.496. The van der Waals surface area contributed by atoms with Crippen molar-refractivity contribution in [2.75, 3.05) is 18.5 Å². The number of anilines is 1. The van der Waals surface area contributed by atoms with E-state index in [0.29, 0.717) is 35.3 Å². The summed E-state index contributed by atoms with van der Waals surface area (Å²) in [5.41, 5.74) is 1.29. The molecule has 0 spiro atoms. The summed E-state index contributed by atoms with van der Waals surface area (Å²) in [5, 5.41) is 23.5. The molecule has 0 saturated heterocycles. The van der Waals surface area contributed by atoms with Gasteiger partial charge < -0.3 is 14.8 Å². The van der Waals surface area contributed by atoms with Gasteiger partial charge in [-0.25, -0.2) is 0 Å². The first-order valence-corrected chi connectivity index (χ1v) is 7.96. The first kappa shape index (κ1) is 16.9. The number of hydrogen-bond acceptors (Lipinski definition) is 6. The Balaban J connectivity index is 1.85. The number of benzene rings is 2. The molecular formula is C17H14ClN3O4. The van der Waals surface area contributed by atoms with E-state index in [1.165, 1.54) is 18.2 Å². The number of rotatable bonds is 4. The quantitative estimate of drug-likeness (QED) is 0.656. The topological polar surface area (TPSA) is 97.4 Å². The molecule has 2 aromatic carbocycles. The molecule has 1 aliphatic heterocycles. The van der Waals surface area contributed by atoms with Gasteiger partial charge in [-0.3, -0.25) is 10.1 Å². The summed E-state index contributed by atoms with van der Waals surface area (Å²) < 4.78 is 11.2.